The van der Waals surface area contributed by atoms with E-state index in [9.17, 15) is 33.9 Å². The lowest BCUT2D eigenvalue weighted by Gasteiger charge is -2.33. The molecule has 0 spiro atoms. The molecule has 1 aliphatic rings. The number of hydroxylamine groups is 1. The molecule has 1 aliphatic heterocycles. The molecule has 1 fully saturated rings. The average molecular weight is 941 g/mol. The van der Waals surface area contributed by atoms with Crippen LogP contribution in [0.2, 0.25) is 0 Å². The van der Waals surface area contributed by atoms with E-state index in [2.05, 4.69) is 46.6 Å². The lowest BCUT2D eigenvalue weighted by molar-refractivity contribution is -0.142. The summed E-state index contributed by atoms with van der Waals surface area (Å²) in [6, 6.07) is -0.972. The van der Waals surface area contributed by atoms with Gasteiger partial charge < -0.3 is 44.7 Å². The van der Waals surface area contributed by atoms with E-state index in [1.54, 1.807) is 102 Å². The Morgan fingerprint density at radius 3 is 1.55 bits per heavy atom. The summed E-state index contributed by atoms with van der Waals surface area (Å²) >= 11 is 0. The Hall–Kier alpha value is -4.76. The van der Waals surface area contributed by atoms with Crippen molar-refractivity contribution in [3.63, 3.8) is 0 Å². The number of rotatable bonds is 11. The predicted molar refractivity (Wildman–Crippen MR) is 248 cm³/mol. The molecule has 2 rings (SSSR count). The highest BCUT2D eigenvalue weighted by Gasteiger charge is 2.34. The van der Waals surface area contributed by atoms with Crippen molar-refractivity contribution in [3.05, 3.63) is 11.9 Å². The molecule has 1 saturated heterocycles. The van der Waals surface area contributed by atoms with Gasteiger partial charge in [0, 0.05) is 78.2 Å². The van der Waals surface area contributed by atoms with E-state index in [0.717, 1.165) is 5.92 Å². The lowest BCUT2D eigenvalue weighted by Crippen LogP contribution is -2.54. The Balaban J connectivity index is 0.00000521. The predicted octanol–water partition coefficient (Wildman–Crippen LogP) is 4.54. The number of carbonyl (C=O) groups is 6. The molecule has 5 N–H and O–H groups in total. The third-order valence-corrected chi connectivity index (χ3v) is 9.10. The van der Waals surface area contributed by atoms with Gasteiger partial charge in [-0.1, -0.05) is 46.8 Å². The van der Waals surface area contributed by atoms with Gasteiger partial charge in [-0.3, -0.25) is 29.2 Å². The first kappa shape index (κ1) is 59.3. The number of carbonyl (C=O) groups excluding carboxylic acids is 6. The van der Waals surface area contributed by atoms with Gasteiger partial charge in [-0.05, 0) is 92.9 Å². The van der Waals surface area contributed by atoms with Crippen LogP contribution in [-0.4, -0.2) is 169 Å². The molecule has 0 radical (unpaired) electrons. The molecular formula is C45H84N10O11. The Morgan fingerprint density at radius 2 is 1.12 bits per heavy atom. The van der Waals surface area contributed by atoms with E-state index >= 15 is 0 Å². The number of nitrogens with one attached hydrogen (secondary N) is 3. The summed E-state index contributed by atoms with van der Waals surface area (Å²) in [6.45, 7) is 31.7. The van der Waals surface area contributed by atoms with Gasteiger partial charge in [0.25, 0.3) is 5.91 Å². The fraction of sp³-hybridized carbons (Fsp3) is 0.822. The minimum Gasteiger partial charge on any atom is -0.444 e. The minimum atomic E-state index is -1.78. The van der Waals surface area contributed by atoms with Crippen LogP contribution in [0.4, 0.5) is 14.4 Å². The Bertz CT molecular complexity index is 1680. The highest BCUT2D eigenvalue weighted by molar-refractivity contribution is 5.91. The summed E-state index contributed by atoms with van der Waals surface area (Å²) in [5.74, 6) is -1.48. The maximum atomic E-state index is 13.5. The average Bonchev–Trinajstić information content (AvgIpc) is 3.60. The van der Waals surface area contributed by atoms with E-state index in [0.29, 0.717) is 70.8 Å². The third-order valence-electron chi connectivity index (χ3n) is 9.10. The summed E-state index contributed by atoms with van der Waals surface area (Å²) in [5.41, 5.74) is -0.922. The minimum absolute atomic E-state index is 0.198. The van der Waals surface area contributed by atoms with Gasteiger partial charge in [-0.25, -0.2) is 19.9 Å². The smallest absolute Gasteiger partial charge is 0.410 e. The fourth-order valence-corrected chi connectivity index (χ4v) is 6.12. The number of hydrogen-bond donors (Lipinski definition) is 5. The molecule has 0 aliphatic carbocycles. The van der Waals surface area contributed by atoms with Gasteiger partial charge in [-0.15, -0.1) is 5.10 Å². The van der Waals surface area contributed by atoms with E-state index in [4.69, 9.17) is 19.4 Å². The molecule has 0 bridgehead atoms. The molecule has 0 saturated carbocycles. The van der Waals surface area contributed by atoms with Crippen molar-refractivity contribution in [1.82, 2.24) is 50.7 Å². The largest absolute Gasteiger partial charge is 0.444 e. The lowest BCUT2D eigenvalue weighted by atomic mass is 9.86. The fourth-order valence-electron chi connectivity index (χ4n) is 6.12. The Kier molecular flexibility index (Phi) is 24.4. The first-order valence-electron chi connectivity index (χ1n) is 23.0. The van der Waals surface area contributed by atoms with E-state index in [-0.39, 0.29) is 26.2 Å². The molecule has 21 nitrogen and oxygen atoms in total. The molecule has 1 aromatic heterocycles. The second kappa shape index (κ2) is 27.2. The highest BCUT2D eigenvalue weighted by atomic mass is 16.6. The quantitative estimate of drug-likeness (QED) is 0.0885. The van der Waals surface area contributed by atoms with Crippen LogP contribution in [-0.2, 0) is 41.7 Å². The number of aliphatic hydroxyl groups excluding tert-OH is 1. The van der Waals surface area contributed by atoms with Crippen LogP contribution in [0.15, 0.2) is 6.20 Å². The van der Waals surface area contributed by atoms with Gasteiger partial charge in [0.1, 0.15) is 28.9 Å². The first-order chi connectivity index (χ1) is 30.3. The second-order valence-corrected chi connectivity index (χ2v) is 21.3. The van der Waals surface area contributed by atoms with Gasteiger partial charge in [0.15, 0.2) is 0 Å². The third kappa shape index (κ3) is 25.8. The van der Waals surface area contributed by atoms with Crippen LogP contribution in [0.25, 0.3) is 0 Å². The van der Waals surface area contributed by atoms with E-state index in [1.807, 2.05) is 6.20 Å². The molecule has 6 amide bonds. The second-order valence-electron chi connectivity index (χ2n) is 21.3. The zero-order chi connectivity index (χ0) is 50.6. The molecule has 0 unspecified atom stereocenters. The zero-order valence-corrected chi connectivity index (χ0v) is 42.6. The van der Waals surface area contributed by atoms with Crippen molar-refractivity contribution in [3.8, 4) is 0 Å². The standard InChI is InChI=1S/C41H74N10O11.C4H10/c1-38(2,3)32(43-31(53)26-30(52)33(54)45-59)34(55)42-16-13-21-51-28-29(44-46-51)27-47-17-14-18-49(36(57)61-40(7,8)9)24-25-50(37(58)62-41(10,11)12)20-15-19-48(23-22-47)35(56)60-39(4,5)6;1-4(2)3/h28,30,32,52,59H,13-27H2,1-12H3,(H,42,55)(H,43,53)(H,45,54);4H,1-3H3/t30-,32+;/m0./s1. The van der Waals surface area contributed by atoms with Crippen molar-refractivity contribution in [1.29, 1.82) is 0 Å². The summed E-state index contributed by atoms with van der Waals surface area (Å²) in [5, 5.41) is 32.5. The normalized spacial score (nSPS) is 16.2. The summed E-state index contributed by atoms with van der Waals surface area (Å²) in [6.07, 6.45) is -0.618. The molecule has 0 aromatic carbocycles. The van der Waals surface area contributed by atoms with Crippen LogP contribution < -0.4 is 16.1 Å². The summed E-state index contributed by atoms with van der Waals surface area (Å²) < 4.78 is 18.9. The zero-order valence-electron chi connectivity index (χ0n) is 42.6. The first-order valence-corrected chi connectivity index (χ1v) is 23.0. The SMILES string of the molecule is CC(C)(C)OC(=O)N1CCCN(C(=O)OC(C)(C)C)CCN(C(=O)OC(C)(C)C)CCCN(Cc2cn(CCCNC(=O)[C@@H](NC(=O)C[C@H](O)C(=O)NO)C(C)(C)C)nn2)CC1.CC(C)C. The number of amides is 6. The molecule has 2 heterocycles. The molecule has 380 valence electrons. The van der Waals surface area contributed by atoms with Crippen LogP contribution in [0, 0.1) is 11.3 Å². The van der Waals surface area contributed by atoms with Crippen molar-refractivity contribution >= 4 is 36.0 Å². The van der Waals surface area contributed by atoms with Crippen molar-refractivity contribution in [2.45, 2.75) is 172 Å². The monoisotopic (exact) mass is 941 g/mol. The van der Waals surface area contributed by atoms with Gasteiger partial charge in [0.2, 0.25) is 11.8 Å². The van der Waals surface area contributed by atoms with Gasteiger partial charge >= 0.3 is 18.3 Å². The number of aliphatic hydroxyl groups is 1. The Morgan fingerprint density at radius 1 is 0.682 bits per heavy atom. The van der Waals surface area contributed by atoms with Gasteiger partial charge in [-0.2, -0.15) is 0 Å². The molecule has 1 aromatic rings. The number of aromatic nitrogens is 3. The number of nitrogens with zero attached hydrogens (tertiary/aromatic N) is 7. The molecule has 2 atom stereocenters. The summed E-state index contributed by atoms with van der Waals surface area (Å²) in [4.78, 5) is 84.1. The topological polar surface area (TPSA) is 250 Å². The number of hydrogen-bond acceptors (Lipinski definition) is 14. The van der Waals surface area contributed by atoms with Crippen LogP contribution in [0.1, 0.15) is 135 Å². The molecule has 21 heteroatoms. The van der Waals surface area contributed by atoms with E-state index in [1.165, 1.54) is 5.48 Å². The van der Waals surface area contributed by atoms with Crippen LogP contribution >= 0.6 is 0 Å². The number of ether oxygens (including phenoxy) is 3. The maximum Gasteiger partial charge on any atom is 0.410 e. The molecule has 66 heavy (non-hydrogen) atoms. The summed E-state index contributed by atoms with van der Waals surface area (Å²) in [7, 11) is 0. The van der Waals surface area contributed by atoms with Crippen molar-refractivity contribution in [2.24, 2.45) is 11.3 Å². The van der Waals surface area contributed by atoms with Crippen molar-refractivity contribution in [2.75, 3.05) is 58.9 Å². The number of aryl methyl sites for hydroxylation is 1. The van der Waals surface area contributed by atoms with Crippen LogP contribution in [0.5, 0.6) is 0 Å². The van der Waals surface area contributed by atoms with Crippen LogP contribution in [0.3, 0.4) is 0 Å². The molecular weight excluding hydrogens is 857 g/mol. The van der Waals surface area contributed by atoms with Gasteiger partial charge in [0.05, 0.1) is 12.1 Å². The van der Waals surface area contributed by atoms with Crippen molar-refractivity contribution < 1.29 is 53.3 Å². The Labute approximate surface area is 392 Å². The maximum absolute atomic E-state index is 13.5. The highest BCUT2D eigenvalue weighted by Crippen LogP contribution is 2.20. The van der Waals surface area contributed by atoms with E-state index < -0.39 is 76.8 Å².